The first-order valence-electron chi connectivity index (χ1n) is 43.4. The summed E-state index contributed by atoms with van der Waals surface area (Å²) in [6.45, 7) is 40.1. The standard InChI is InChI=1S/C24H41NO7.C23H38O5.C18H28O5.C13H26N2O3.C10H22N2O3/c1-17(2)7-8-19-23(3,32-19)22-21(27-4)18(9-10-24(22)16-30-24)31-20(26)6-5-12-28-14-15-29-13-11-25;1-14(2)8-9-18-22(6,28-18)21-20(25-7)17(10-11-23(21)13-26-23)27-19(24)12-16(5)15(3)4;1-11(2)6-7-14-17(4,23-14)16-15(20-5)13(22-12(3)19)8-9-18(16)10-21-18;1-3-18-13(17)15-10-8-6-4-5-7-9-12(16)11-14-2;1-2-3-5-14-7-8-15-6-4-12-10(13)9-11/h7,18-19,21-22H,5-6,8-16,25H2,1-4H3;8,15-18,20-21H,9-13H2,1-7H3;6,13-16H,7-10H2,1-5H3;14H,3-11H2,1-2H3,(H,15,17);2-9,11H2,1H3,(H,12,13)/t18?,19-,21?,22?,23-,24+;16-,17?,18-,20?,21?,22-,23+;13?,14-,15?,16?,17-,18+;;/m111../s1. The molecule has 0 aromatic rings. The number of unbranched alkanes of at least 4 members (excludes halogenated alkanes) is 5. The lowest BCUT2D eigenvalue weighted by Gasteiger charge is -2.42. The van der Waals surface area contributed by atoms with Gasteiger partial charge in [0.15, 0.2) is 0 Å². The summed E-state index contributed by atoms with van der Waals surface area (Å²) in [7, 11) is 6.88. The number of ether oxygens (including phenoxy) is 17. The van der Waals surface area contributed by atoms with Gasteiger partial charge in [0.1, 0.15) is 76.0 Å². The number of allylic oxidation sites excluding steroid dienone is 3. The number of methoxy groups -OCH3 is 3. The molecule has 28 heteroatoms. The van der Waals surface area contributed by atoms with Crippen LogP contribution in [0.3, 0.4) is 0 Å². The van der Waals surface area contributed by atoms with Crippen LogP contribution in [0.1, 0.15) is 232 Å². The van der Waals surface area contributed by atoms with E-state index in [1.54, 1.807) is 35.3 Å². The number of epoxide rings is 6. The van der Waals surface area contributed by atoms with Crippen molar-refractivity contribution in [1.82, 2.24) is 16.0 Å². The third kappa shape index (κ3) is 33.3. The number of amides is 2. The number of hydrogen-bond acceptors (Lipinski definition) is 26. The second-order valence-electron chi connectivity index (χ2n) is 34.2. The minimum absolute atomic E-state index is 0.0279. The van der Waals surface area contributed by atoms with Crippen LogP contribution in [0.2, 0.25) is 0 Å². The maximum atomic E-state index is 12.5. The molecule has 2 amide bonds. The predicted molar refractivity (Wildman–Crippen MR) is 443 cm³/mol. The first-order chi connectivity index (χ1) is 55.3. The highest BCUT2D eigenvalue weighted by Gasteiger charge is 2.75. The van der Waals surface area contributed by atoms with Crippen LogP contribution in [0.5, 0.6) is 0 Å². The highest BCUT2D eigenvalue weighted by atomic mass is 16.7. The number of alkyl carbamates (subject to hydrolysis) is 1. The monoisotopic (exact) mass is 1650 g/mol. The smallest absolute Gasteiger partial charge is 0.407 e. The Morgan fingerprint density at radius 3 is 1.30 bits per heavy atom. The highest BCUT2D eigenvalue weighted by molar-refractivity contribution is 5.80. The summed E-state index contributed by atoms with van der Waals surface area (Å²) < 4.78 is 97.3. The number of nitrogens with one attached hydrogen (secondary N) is 3. The van der Waals surface area contributed by atoms with Crippen molar-refractivity contribution in [2.75, 3.05) is 140 Å². The van der Waals surface area contributed by atoms with Gasteiger partial charge in [-0.15, -0.1) is 0 Å². The zero-order valence-corrected chi connectivity index (χ0v) is 74.5. The number of Topliss-reactive ketones (excluding diaryl/α,β-unsaturated/α-hetero) is 1. The maximum absolute atomic E-state index is 12.5. The zero-order valence-electron chi connectivity index (χ0n) is 74.5. The molecule has 670 valence electrons. The molecule has 3 aliphatic carbocycles. The molecule has 28 nitrogen and oxygen atoms in total. The van der Waals surface area contributed by atoms with Crippen LogP contribution in [0.15, 0.2) is 34.9 Å². The van der Waals surface area contributed by atoms with E-state index in [0.29, 0.717) is 117 Å². The average Bonchev–Trinajstić information content (AvgIpc) is 1.54. The highest BCUT2D eigenvalue weighted by Crippen LogP contribution is 2.62. The van der Waals surface area contributed by atoms with Crippen LogP contribution in [-0.4, -0.2) is 265 Å². The molecule has 9 rings (SSSR count). The Morgan fingerprint density at radius 2 is 0.914 bits per heavy atom. The molecule has 6 heterocycles. The van der Waals surface area contributed by atoms with Crippen molar-refractivity contribution in [1.29, 1.82) is 0 Å². The fraction of sp³-hybridized carbons (Fsp3) is 0.864. The molecular weight excluding hydrogens is 1490 g/mol. The van der Waals surface area contributed by atoms with Gasteiger partial charge in [-0.2, -0.15) is 0 Å². The van der Waals surface area contributed by atoms with Gasteiger partial charge in [0.2, 0.25) is 5.91 Å². The lowest BCUT2D eigenvalue weighted by atomic mass is 9.68. The van der Waals surface area contributed by atoms with E-state index in [0.717, 1.165) is 129 Å². The SMILES string of the molecule is CCCCOCCOCCNC(=O)CN.CCOC(=O)NCCCCCCCC(=O)CNC.COC1C(OC(=O)CCCOCCOCCN)CC[C@]2(CO2)C1[C@]1(C)O[C@@H]1CC=C(C)C.COC1C(OC(=O)C[C@@H](C)C(C)C)CC[C@]2(CO2)C1[C@]1(C)O[C@@H]1CC=C(C)C.COC1C(OC(C)=O)CC[C@]2(CO2)C1[C@]1(C)O[C@@H]1CC=C(C)C. The summed E-state index contributed by atoms with van der Waals surface area (Å²) in [5, 5.41) is 8.16. The molecule has 0 radical (unpaired) electrons. The molecule has 0 aromatic heterocycles. The molecule has 6 saturated heterocycles. The molecule has 0 aromatic carbocycles. The number of nitrogens with two attached hydrogens (primary N) is 2. The number of carbonyl (C=O) groups excluding carboxylic acids is 6. The number of carbonyl (C=O) groups is 6. The van der Waals surface area contributed by atoms with Gasteiger partial charge in [0.25, 0.3) is 0 Å². The van der Waals surface area contributed by atoms with Crippen molar-refractivity contribution in [2.45, 2.75) is 321 Å². The van der Waals surface area contributed by atoms with Gasteiger partial charge in [-0.25, -0.2) is 4.79 Å². The second-order valence-corrected chi connectivity index (χ2v) is 34.2. The Hall–Kier alpha value is -4.60. The van der Waals surface area contributed by atoms with Gasteiger partial charge in [-0.1, -0.05) is 88.3 Å². The van der Waals surface area contributed by atoms with Crippen molar-refractivity contribution >= 4 is 35.7 Å². The van der Waals surface area contributed by atoms with E-state index in [-0.39, 0.29) is 149 Å². The molecule has 9 fully saturated rings. The molecular formula is C88H155N5O23. The van der Waals surface area contributed by atoms with Crippen LogP contribution in [0, 0.1) is 29.6 Å². The van der Waals surface area contributed by atoms with E-state index in [9.17, 15) is 28.8 Å². The predicted octanol–water partition coefficient (Wildman–Crippen LogP) is 11.0. The molecule has 6 aliphatic heterocycles. The van der Waals surface area contributed by atoms with Gasteiger partial charge >= 0.3 is 24.0 Å². The molecule has 3 saturated carbocycles. The summed E-state index contributed by atoms with van der Waals surface area (Å²) in [6, 6.07) is 0. The summed E-state index contributed by atoms with van der Waals surface area (Å²) in [6.07, 6.45) is 22.5. The largest absolute Gasteiger partial charge is 0.460 e. The third-order valence-electron chi connectivity index (χ3n) is 23.8. The number of esters is 3. The fourth-order valence-electron chi connectivity index (χ4n) is 16.6. The van der Waals surface area contributed by atoms with E-state index in [1.807, 2.05) is 0 Å². The quantitative estimate of drug-likeness (QED) is 0.0124. The van der Waals surface area contributed by atoms with Crippen molar-refractivity contribution in [2.24, 2.45) is 41.1 Å². The van der Waals surface area contributed by atoms with Crippen LogP contribution in [-0.2, 0) is 104 Å². The minimum atomic E-state index is -0.338. The lowest BCUT2D eigenvalue weighted by Crippen LogP contribution is -2.55. The van der Waals surface area contributed by atoms with E-state index in [4.69, 9.17) is 92.0 Å². The van der Waals surface area contributed by atoms with E-state index >= 15 is 0 Å². The Balaban J connectivity index is 0.000000265. The maximum Gasteiger partial charge on any atom is 0.407 e. The Kier molecular flexibility index (Phi) is 45.1. The first kappa shape index (κ1) is 102. The number of likely N-dealkylation sites (N-methyl/N-ethyl adjacent to an activating group) is 1. The van der Waals surface area contributed by atoms with Crippen LogP contribution in [0.4, 0.5) is 4.79 Å². The minimum Gasteiger partial charge on any atom is -0.460 e. The molecule has 116 heavy (non-hydrogen) atoms. The van der Waals surface area contributed by atoms with Gasteiger partial charge in [0, 0.05) is 80.4 Å². The van der Waals surface area contributed by atoms with Crippen LogP contribution < -0.4 is 27.4 Å². The van der Waals surface area contributed by atoms with Crippen LogP contribution >= 0.6 is 0 Å². The summed E-state index contributed by atoms with van der Waals surface area (Å²) in [5.74, 6) is 0.510. The van der Waals surface area contributed by atoms with Crippen molar-refractivity contribution < 1.29 is 109 Å². The average molecular weight is 1650 g/mol. The topological polar surface area (TPSA) is 367 Å². The molecule has 7 N–H and O–H groups in total. The Bertz CT molecular complexity index is 2980. The molecule has 0 bridgehead atoms. The summed E-state index contributed by atoms with van der Waals surface area (Å²) in [4.78, 5) is 69.3. The zero-order chi connectivity index (χ0) is 85.7. The Morgan fingerprint density at radius 1 is 0.500 bits per heavy atom. The number of rotatable bonds is 48. The number of ketones is 1. The lowest BCUT2D eigenvalue weighted by molar-refractivity contribution is -0.173. The van der Waals surface area contributed by atoms with Gasteiger partial charge in [0.05, 0.1) is 115 Å². The molecule has 9 aliphatic rings. The van der Waals surface area contributed by atoms with Crippen molar-refractivity contribution in [3.05, 3.63) is 34.9 Å². The second kappa shape index (κ2) is 51.4. The van der Waals surface area contributed by atoms with Gasteiger partial charge in [-0.3, -0.25) is 24.0 Å². The summed E-state index contributed by atoms with van der Waals surface area (Å²) >= 11 is 0. The van der Waals surface area contributed by atoms with Crippen LogP contribution in [0.25, 0.3) is 0 Å². The van der Waals surface area contributed by atoms with Gasteiger partial charge in [-0.05, 0) is 172 Å². The van der Waals surface area contributed by atoms with E-state index < -0.39 is 0 Å². The van der Waals surface area contributed by atoms with E-state index in [1.165, 1.54) is 23.6 Å². The summed E-state index contributed by atoms with van der Waals surface area (Å²) in [5.41, 5.74) is 12.9. The molecule has 3 spiro atoms. The van der Waals surface area contributed by atoms with Gasteiger partial charge < -0.3 is 108 Å². The normalized spacial score (nSPS) is 31.3. The van der Waals surface area contributed by atoms with Crippen molar-refractivity contribution in [3.63, 3.8) is 0 Å². The fourth-order valence-corrected chi connectivity index (χ4v) is 16.6. The Labute approximate surface area is 695 Å². The first-order valence-corrected chi connectivity index (χ1v) is 43.4. The van der Waals surface area contributed by atoms with Crippen molar-refractivity contribution in [3.8, 4) is 0 Å². The number of hydrogen-bond donors (Lipinski definition) is 5. The molecule has 19 atom stereocenters. The third-order valence-corrected chi connectivity index (χ3v) is 23.8. The molecule has 9 unspecified atom stereocenters. The van der Waals surface area contributed by atoms with E-state index in [2.05, 4.69) is 124 Å².